The average Bonchev–Trinajstić information content (AvgIpc) is 3.26. The third-order valence-electron chi connectivity index (χ3n) is 3.38. The molecule has 0 aromatic heterocycles. The fourth-order valence-corrected chi connectivity index (χ4v) is 2.33. The molecule has 2 aliphatic carbocycles. The Kier molecular flexibility index (Phi) is 7.00. The number of hydrogen-bond donors (Lipinski definition) is 1. The second-order valence-corrected chi connectivity index (χ2v) is 5.00. The maximum atomic E-state index is 13.5. The Hall–Kier alpha value is -1.19. The standard InChI is InChI=1S/C14H8F2NO.C5H5.Fe/c15-9-6-10-11(5-8-3-1-2-4-8)14(18)17-13(10)12(16)7-9;1-2-4-5-3-1;/h1-7H,(H,17,18);1-5H;/q;;+2/b11-5-;;. The molecular formula is C19H13F2FeNO+2. The summed E-state index contributed by atoms with van der Waals surface area (Å²) in [6.45, 7) is 0. The molecule has 1 heterocycles. The normalized spacial score (nSPS) is 21.1. The smallest absolute Gasteiger partial charge is 0.319 e. The van der Waals surface area contributed by atoms with Gasteiger partial charge in [0, 0.05) is 23.1 Å². The van der Waals surface area contributed by atoms with E-state index in [2.05, 4.69) is 5.32 Å². The summed E-state index contributed by atoms with van der Waals surface area (Å²) in [5.41, 5.74) is 0.576. The molecule has 0 bridgehead atoms. The first kappa shape index (κ1) is 19.1. The van der Waals surface area contributed by atoms with Gasteiger partial charge in [-0.3, -0.25) is 4.79 Å². The summed E-state index contributed by atoms with van der Waals surface area (Å²) in [6, 6.07) is 1.91. The van der Waals surface area contributed by atoms with Crippen molar-refractivity contribution in [3.05, 3.63) is 99.1 Å². The average molecular weight is 365 g/mol. The number of allylic oxidation sites excluding steroid dienone is 1. The molecule has 0 spiro atoms. The van der Waals surface area contributed by atoms with Gasteiger partial charge in [0.25, 0.3) is 5.91 Å². The quantitative estimate of drug-likeness (QED) is 0.597. The van der Waals surface area contributed by atoms with Crippen LogP contribution in [0.4, 0.5) is 14.5 Å². The van der Waals surface area contributed by atoms with E-state index < -0.39 is 17.5 Å². The van der Waals surface area contributed by atoms with Gasteiger partial charge in [-0.1, -0.05) is 6.08 Å². The van der Waals surface area contributed by atoms with Crippen LogP contribution < -0.4 is 5.32 Å². The zero-order chi connectivity index (χ0) is 16.2. The molecule has 1 aromatic rings. The first-order valence-corrected chi connectivity index (χ1v) is 7.06. The molecule has 2 nitrogen and oxygen atoms in total. The molecule has 3 aliphatic rings. The van der Waals surface area contributed by atoms with Crippen LogP contribution in [0.1, 0.15) is 5.56 Å². The number of amides is 1. The van der Waals surface area contributed by atoms with Crippen LogP contribution in [0.2, 0.25) is 0 Å². The number of benzene rings is 1. The summed E-state index contributed by atoms with van der Waals surface area (Å²) in [5.74, 6) is -1.06. The van der Waals surface area contributed by atoms with Crippen molar-refractivity contribution in [3.63, 3.8) is 0 Å². The van der Waals surface area contributed by atoms with E-state index in [1.807, 2.05) is 57.8 Å². The zero-order valence-electron chi connectivity index (χ0n) is 12.4. The summed E-state index contributed by atoms with van der Waals surface area (Å²) in [5, 5.41) is 2.41. The van der Waals surface area contributed by atoms with E-state index in [9.17, 15) is 13.6 Å². The maximum absolute atomic E-state index is 13.5. The van der Waals surface area contributed by atoms with Gasteiger partial charge in [-0.05, 0) is 63.9 Å². The van der Waals surface area contributed by atoms with Crippen molar-refractivity contribution in [2.45, 2.75) is 0 Å². The van der Waals surface area contributed by atoms with Crippen molar-refractivity contribution < 1.29 is 30.6 Å². The minimum atomic E-state index is -0.760. The molecule has 5 heteroatoms. The van der Waals surface area contributed by atoms with Gasteiger partial charge < -0.3 is 5.32 Å². The van der Waals surface area contributed by atoms with E-state index in [-0.39, 0.29) is 33.9 Å². The Morgan fingerprint density at radius 1 is 0.875 bits per heavy atom. The molecule has 2 saturated carbocycles. The third kappa shape index (κ3) is 4.46. The summed E-state index contributed by atoms with van der Waals surface area (Å²) in [7, 11) is 0. The van der Waals surface area contributed by atoms with Crippen LogP contribution >= 0.6 is 0 Å². The molecule has 2 fully saturated rings. The zero-order valence-corrected chi connectivity index (χ0v) is 13.6. The fourth-order valence-electron chi connectivity index (χ4n) is 2.33. The van der Waals surface area contributed by atoms with Crippen LogP contribution in [0.25, 0.3) is 5.57 Å². The molecule has 0 atom stereocenters. The van der Waals surface area contributed by atoms with Gasteiger partial charge in [-0.15, -0.1) is 0 Å². The van der Waals surface area contributed by atoms with E-state index >= 15 is 0 Å². The van der Waals surface area contributed by atoms with Crippen LogP contribution in [0, 0.1) is 75.3 Å². The Balaban J connectivity index is 0.000000300. The molecule has 1 amide bonds. The number of carbonyl (C=O) groups excluding carboxylic acids is 1. The van der Waals surface area contributed by atoms with Crippen LogP contribution in [-0.2, 0) is 21.9 Å². The van der Waals surface area contributed by atoms with Gasteiger partial charge in [0.2, 0.25) is 0 Å². The second kappa shape index (κ2) is 8.77. The Labute approximate surface area is 152 Å². The summed E-state index contributed by atoms with van der Waals surface area (Å²) >= 11 is 0. The molecular weight excluding hydrogens is 352 g/mol. The Morgan fingerprint density at radius 2 is 1.46 bits per heavy atom. The van der Waals surface area contributed by atoms with Gasteiger partial charge in [-0.25, -0.2) is 8.78 Å². The summed E-state index contributed by atoms with van der Waals surface area (Å²) < 4.78 is 26.7. The Bertz CT molecular complexity index is 612. The largest absolute Gasteiger partial charge is 2.00 e. The van der Waals surface area contributed by atoms with E-state index in [1.165, 1.54) is 0 Å². The predicted molar refractivity (Wildman–Crippen MR) is 84.9 cm³/mol. The molecule has 0 unspecified atom stereocenters. The van der Waals surface area contributed by atoms with Crippen LogP contribution in [0.3, 0.4) is 0 Å². The molecule has 10 radical (unpaired) electrons. The van der Waals surface area contributed by atoms with Gasteiger partial charge in [0.05, 0.1) is 5.69 Å². The summed E-state index contributed by atoms with van der Waals surface area (Å²) in [6.07, 6.45) is 18.9. The van der Waals surface area contributed by atoms with Crippen molar-refractivity contribution in [2.24, 2.45) is 0 Å². The number of anilines is 1. The van der Waals surface area contributed by atoms with Crippen LogP contribution in [0.5, 0.6) is 0 Å². The fraction of sp³-hybridized carbons (Fsp3) is 0. The van der Waals surface area contributed by atoms with E-state index in [4.69, 9.17) is 0 Å². The third-order valence-corrected chi connectivity index (χ3v) is 3.38. The SMILES string of the molecule is O=C1Nc2c(F)cc(F)cc2/C1=C/[C]1[CH][CH][CH][CH]1.[CH]1[CH][CH][CH][CH]1.[Fe+2]. The second-order valence-electron chi connectivity index (χ2n) is 5.00. The number of fused-ring (bicyclic) bond motifs is 1. The van der Waals surface area contributed by atoms with Crippen LogP contribution in [0.15, 0.2) is 18.2 Å². The molecule has 1 N–H and O–H groups in total. The van der Waals surface area contributed by atoms with Crippen molar-refractivity contribution in [2.75, 3.05) is 5.32 Å². The molecule has 120 valence electrons. The topological polar surface area (TPSA) is 29.1 Å². The number of carbonyl (C=O) groups is 1. The first-order valence-electron chi connectivity index (χ1n) is 7.06. The predicted octanol–water partition coefficient (Wildman–Crippen LogP) is 3.72. The number of nitrogens with one attached hydrogen (secondary N) is 1. The van der Waals surface area contributed by atoms with Gasteiger partial charge in [0.1, 0.15) is 11.6 Å². The minimum absolute atomic E-state index is 0. The monoisotopic (exact) mass is 365 g/mol. The molecule has 1 aliphatic heterocycles. The van der Waals surface area contributed by atoms with Crippen molar-refractivity contribution in [1.29, 1.82) is 0 Å². The first-order chi connectivity index (χ1) is 11.1. The maximum Gasteiger partial charge on any atom is 2.00 e. The van der Waals surface area contributed by atoms with Crippen molar-refractivity contribution in [1.82, 2.24) is 0 Å². The molecule has 4 rings (SSSR count). The van der Waals surface area contributed by atoms with Gasteiger partial charge in [-0.2, -0.15) is 0 Å². The van der Waals surface area contributed by atoms with Crippen LogP contribution in [-0.4, -0.2) is 5.91 Å². The molecule has 24 heavy (non-hydrogen) atoms. The van der Waals surface area contributed by atoms with Crippen molar-refractivity contribution >= 4 is 17.2 Å². The van der Waals surface area contributed by atoms with E-state index in [1.54, 1.807) is 6.08 Å². The van der Waals surface area contributed by atoms with Gasteiger partial charge >= 0.3 is 17.1 Å². The number of rotatable bonds is 1. The summed E-state index contributed by atoms with van der Waals surface area (Å²) in [4.78, 5) is 11.8. The van der Waals surface area contributed by atoms with Gasteiger partial charge in [0.15, 0.2) is 0 Å². The molecule has 1 aromatic carbocycles. The Morgan fingerprint density at radius 3 is 2.04 bits per heavy atom. The number of halogens is 2. The number of hydrogen-bond acceptors (Lipinski definition) is 1. The molecule has 0 saturated heterocycles. The van der Waals surface area contributed by atoms with E-state index in [0.717, 1.165) is 18.1 Å². The van der Waals surface area contributed by atoms with Crippen molar-refractivity contribution in [3.8, 4) is 0 Å². The van der Waals surface area contributed by atoms with E-state index in [0.29, 0.717) is 0 Å². The minimum Gasteiger partial charge on any atom is -0.319 e.